The number of benzene rings is 1. The van der Waals surface area contributed by atoms with Crippen LogP contribution in [0.25, 0.3) is 10.9 Å². The van der Waals surface area contributed by atoms with Crippen molar-refractivity contribution in [1.29, 1.82) is 0 Å². The Morgan fingerprint density at radius 1 is 1.15 bits per heavy atom. The summed E-state index contributed by atoms with van der Waals surface area (Å²) in [4.78, 5) is 48.1. The number of rotatable bonds is 5. The Bertz CT molecular complexity index is 1950. The molecule has 0 unspecified atom stereocenters. The summed E-state index contributed by atoms with van der Waals surface area (Å²) in [6.45, 7) is 3.32. The molecule has 52 heavy (non-hydrogen) atoms. The molecule has 1 spiro atoms. The molecule has 3 aliphatic heterocycles. The van der Waals surface area contributed by atoms with Crippen molar-refractivity contribution < 1.29 is 45.4 Å². The van der Waals surface area contributed by atoms with Crippen LogP contribution in [0.3, 0.4) is 0 Å². The number of carbonyl (C=O) groups excluding carboxylic acids is 3. The Morgan fingerprint density at radius 2 is 1.92 bits per heavy atom. The van der Waals surface area contributed by atoms with E-state index in [0.717, 1.165) is 25.7 Å². The fraction of sp³-hybridized carbons (Fsp3) is 0.622. The summed E-state index contributed by atoms with van der Waals surface area (Å²) in [5.41, 5.74) is -2.11. The SMILES string of the molecule is COc1ccc2nc(CC(F)(F)F)c3c(c2c1)CC[C@]1(C[C@H]2C(=O)N[C@]4(C(=O)NS(=O)(=O)C5(C)CC5)C[C@H]4/C=C\CCCCC[C@H](C)C(=O)N2C1)O3. The number of alkyl halides is 3. The topological polar surface area (TPSA) is 144 Å². The van der Waals surface area contributed by atoms with Crippen molar-refractivity contribution in [1.82, 2.24) is 19.9 Å². The number of allylic oxidation sites excluding steroid dienone is 1. The van der Waals surface area contributed by atoms with Crippen molar-refractivity contribution in [3.05, 3.63) is 41.6 Å². The second kappa shape index (κ2) is 12.9. The van der Waals surface area contributed by atoms with Crippen molar-refractivity contribution in [2.75, 3.05) is 13.7 Å². The van der Waals surface area contributed by atoms with Crippen LogP contribution in [0.1, 0.15) is 89.3 Å². The van der Waals surface area contributed by atoms with Gasteiger partial charge >= 0.3 is 6.18 Å². The molecule has 1 aromatic heterocycles. The highest BCUT2D eigenvalue weighted by Crippen LogP contribution is 2.49. The number of carbonyl (C=O) groups is 3. The molecule has 3 amide bonds. The Balaban J connectivity index is 1.24. The molecule has 0 radical (unpaired) electrons. The van der Waals surface area contributed by atoms with E-state index in [1.165, 1.54) is 12.0 Å². The summed E-state index contributed by atoms with van der Waals surface area (Å²) in [5, 5.41) is 3.47. The van der Waals surface area contributed by atoms with Crippen molar-refractivity contribution >= 4 is 38.6 Å². The molecule has 0 bridgehead atoms. The lowest BCUT2D eigenvalue weighted by molar-refractivity contribution is -0.142. The van der Waals surface area contributed by atoms with E-state index >= 15 is 0 Å². The van der Waals surface area contributed by atoms with Crippen LogP contribution >= 0.6 is 0 Å². The number of aryl methyl sites for hydroxylation is 1. The Morgan fingerprint density at radius 3 is 2.63 bits per heavy atom. The Hall–Kier alpha value is -3.88. The Kier molecular flexibility index (Phi) is 9.05. The predicted molar refractivity (Wildman–Crippen MR) is 185 cm³/mol. The quantitative estimate of drug-likeness (QED) is 0.405. The first-order valence-electron chi connectivity index (χ1n) is 18.1. The fourth-order valence-corrected chi connectivity index (χ4v) is 9.38. The highest BCUT2D eigenvalue weighted by atomic mass is 32.2. The number of halogens is 3. The smallest absolute Gasteiger partial charge is 0.394 e. The predicted octanol–water partition coefficient (Wildman–Crippen LogP) is 5.04. The van der Waals surface area contributed by atoms with Crippen LogP contribution in [0.15, 0.2) is 30.4 Å². The van der Waals surface area contributed by atoms with Gasteiger partial charge in [-0.3, -0.25) is 19.1 Å². The average Bonchev–Trinajstić information content (AvgIpc) is 3.98. The number of nitrogens with one attached hydrogen (secondary N) is 2. The lowest BCUT2D eigenvalue weighted by atomic mass is 9.86. The standard InChI is InChI=1S/C37H45F3N4O7S/c1-22-9-7-5-4-6-8-10-23-18-36(23,33(47)43-52(48,49)34(2)15-16-34)42-31(45)29-20-35(21-44(29)32(22)46)14-13-25-26-17-24(50-3)11-12-27(26)41-28(30(25)51-35)19-37(38,39)40/h8,10-12,17,22-23,29H,4-7,9,13-16,18-21H2,1-3H3,(H,42,45)(H,43,47)/b10-8-/t22-,23+,29-,35+,36+/m0/s1. The summed E-state index contributed by atoms with van der Waals surface area (Å²) in [6, 6.07) is 3.84. The lowest BCUT2D eigenvalue weighted by Crippen LogP contribution is -2.57. The van der Waals surface area contributed by atoms with Gasteiger partial charge in [0.15, 0.2) is 0 Å². The number of fused-ring (bicyclic) bond motifs is 5. The highest BCUT2D eigenvalue weighted by molar-refractivity contribution is 7.91. The molecule has 15 heteroatoms. The first-order valence-corrected chi connectivity index (χ1v) is 19.6. The summed E-state index contributed by atoms with van der Waals surface area (Å²) in [5.74, 6) is -2.15. The van der Waals surface area contributed by atoms with Gasteiger partial charge in [-0.25, -0.2) is 13.4 Å². The van der Waals surface area contributed by atoms with Crippen LogP contribution < -0.4 is 19.5 Å². The maximum atomic E-state index is 14.4. The molecule has 7 rings (SSSR count). The van der Waals surface area contributed by atoms with Crippen LogP contribution in [-0.2, 0) is 37.2 Å². The van der Waals surface area contributed by atoms with Gasteiger partial charge in [0, 0.05) is 29.2 Å². The van der Waals surface area contributed by atoms with Crippen LogP contribution in [0.2, 0.25) is 0 Å². The fourth-order valence-electron chi connectivity index (χ4n) is 8.06. The van der Waals surface area contributed by atoms with E-state index in [1.807, 2.05) is 12.2 Å². The van der Waals surface area contributed by atoms with Gasteiger partial charge in [-0.15, -0.1) is 0 Å². The van der Waals surface area contributed by atoms with Gasteiger partial charge in [0.1, 0.15) is 28.7 Å². The molecule has 5 atom stereocenters. The number of hydrogen-bond donors (Lipinski definition) is 2. The minimum Gasteiger partial charge on any atom is -0.497 e. The van der Waals surface area contributed by atoms with E-state index in [1.54, 1.807) is 32.0 Å². The molecule has 2 aliphatic carbocycles. The third kappa shape index (κ3) is 6.73. The van der Waals surface area contributed by atoms with Gasteiger partial charge in [-0.2, -0.15) is 13.2 Å². The highest BCUT2D eigenvalue weighted by Gasteiger charge is 2.64. The van der Waals surface area contributed by atoms with Crippen LogP contribution in [0, 0.1) is 11.8 Å². The monoisotopic (exact) mass is 746 g/mol. The zero-order valence-electron chi connectivity index (χ0n) is 29.6. The van der Waals surface area contributed by atoms with Crippen molar-refractivity contribution in [3.8, 4) is 11.5 Å². The molecule has 282 valence electrons. The van der Waals surface area contributed by atoms with Crippen molar-refractivity contribution in [3.63, 3.8) is 0 Å². The Labute approximate surface area is 301 Å². The van der Waals surface area contributed by atoms with Gasteiger partial charge in [0.05, 0.1) is 36.0 Å². The number of pyridine rings is 1. The van der Waals surface area contributed by atoms with Crippen molar-refractivity contribution in [2.45, 2.75) is 119 Å². The van der Waals surface area contributed by atoms with E-state index in [9.17, 15) is 36.0 Å². The van der Waals surface area contributed by atoms with Crippen LogP contribution in [0.4, 0.5) is 13.2 Å². The van der Waals surface area contributed by atoms with Gasteiger partial charge < -0.3 is 19.7 Å². The number of aromatic nitrogens is 1. The van der Waals surface area contributed by atoms with E-state index in [0.29, 0.717) is 54.3 Å². The van der Waals surface area contributed by atoms with E-state index in [4.69, 9.17) is 9.47 Å². The second-order valence-corrected chi connectivity index (χ2v) is 17.8. The minimum absolute atomic E-state index is 0.00463. The van der Waals surface area contributed by atoms with E-state index < -0.39 is 68.2 Å². The average molecular weight is 747 g/mol. The molecule has 11 nitrogen and oxygen atoms in total. The summed E-state index contributed by atoms with van der Waals surface area (Å²) >= 11 is 0. The number of hydrogen-bond acceptors (Lipinski definition) is 8. The molecule has 5 aliphatic rings. The maximum absolute atomic E-state index is 14.4. The van der Waals surface area contributed by atoms with Gasteiger partial charge in [0.2, 0.25) is 21.8 Å². The first kappa shape index (κ1) is 36.5. The summed E-state index contributed by atoms with van der Waals surface area (Å²) in [7, 11) is -2.51. The zero-order valence-corrected chi connectivity index (χ0v) is 30.4. The van der Waals surface area contributed by atoms with Gasteiger partial charge in [-0.05, 0) is 76.5 Å². The largest absolute Gasteiger partial charge is 0.497 e. The van der Waals surface area contributed by atoms with E-state index in [2.05, 4.69) is 15.0 Å². The molecule has 3 fully saturated rings. The zero-order chi connectivity index (χ0) is 37.3. The maximum Gasteiger partial charge on any atom is 0.394 e. The molecule has 1 saturated heterocycles. The summed E-state index contributed by atoms with van der Waals surface area (Å²) in [6.07, 6.45) is 3.33. The summed E-state index contributed by atoms with van der Waals surface area (Å²) < 4.78 is 81.1. The lowest BCUT2D eigenvalue weighted by Gasteiger charge is -2.37. The molecule has 2 aromatic rings. The number of sulfonamides is 1. The molecular formula is C37H45F3N4O7S. The molecule has 4 heterocycles. The molecule has 2 saturated carbocycles. The van der Waals surface area contributed by atoms with Crippen LogP contribution in [0.5, 0.6) is 11.5 Å². The number of amides is 3. The first-order chi connectivity index (χ1) is 24.5. The van der Waals surface area contributed by atoms with E-state index in [-0.39, 0.29) is 36.7 Å². The van der Waals surface area contributed by atoms with Crippen LogP contribution in [-0.4, -0.2) is 77.8 Å². The third-order valence-electron chi connectivity index (χ3n) is 11.7. The minimum atomic E-state index is -4.58. The number of methoxy groups -OCH3 is 1. The second-order valence-electron chi connectivity index (χ2n) is 15.6. The number of ether oxygens (including phenoxy) is 2. The van der Waals surface area contributed by atoms with Gasteiger partial charge in [-0.1, -0.05) is 31.9 Å². The van der Waals surface area contributed by atoms with Gasteiger partial charge in [0.25, 0.3) is 5.91 Å². The molecule has 2 N–H and O–H groups in total. The molecule has 1 aromatic carbocycles. The molecular weight excluding hydrogens is 701 g/mol. The third-order valence-corrected chi connectivity index (χ3v) is 13.9. The number of nitrogens with zero attached hydrogens (tertiary/aromatic N) is 2. The normalized spacial score (nSPS) is 30.9. The van der Waals surface area contributed by atoms with Crippen molar-refractivity contribution in [2.24, 2.45) is 11.8 Å².